The first-order valence-corrected chi connectivity index (χ1v) is 7.75. The number of amides is 1. The highest BCUT2D eigenvalue weighted by Gasteiger charge is 2.23. The van der Waals surface area contributed by atoms with Crippen LogP contribution < -0.4 is 5.32 Å². The second-order valence-electron chi connectivity index (χ2n) is 6.21. The topological polar surface area (TPSA) is 41.6 Å². The number of likely N-dealkylation sites (tertiary alicyclic amines) is 1. The largest absolute Gasteiger partial charge is 0.381 e. The molecule has 1 N–H and O–H groups in total. The van der Waals surface area contributed by atoms with Gasteiger partial charge in [0.15, 0.2) is 0 Å². The highest BCUT2D eigenvalue weighted by atomic mass is 16.5. The Balaban J connectivity index is 1.70. The maximum absolute atomic E-state index is 12.2. The van der Waals surface area contributed by atoms with Gasteiger partial charge in [-0.2, -0.15) is 0 Å². The summed E-state index contributed by atoms with van der Waals surface area (Å²) in [4.78, 5) is 14.2. The highest BCUT2D eigenvalue weighted by molar-refractivity contribution is 5.78. The van der Waals surface area contributed by atoms with Gasteiger partial charge in [-0.05, 0) is 44.4 Å². The number of nitrogens with zero attached hydrogens (tertiary/aromatic N) is 1. The Hall–Kier alpha value is -0.610. The van der Waals surface area contributed by atoms with Crippen molar-refractivity contribution in [2.24, 2.45) is 11.8 Å². The quantitative estimate of drug-likeness (QED) is 0.843. The number of carbonyl (C=O) groups is 1. The average molecular weight is 268 g/mol. The summed E-state index contributed by atoms with van der Waals surface area (Å²) in [6, 6.07) is 0.412. The molecule has 2 atom stereocenters. The third kappa shape index (κ3) is 4.46. The van der Waals surface area contributed by atoms with Crippen molar-refractivity contribution in [3.8, 4) is 0 Å². The zero-order valence-electron chi connectivity index (χ0n) is 12.4. The van der Waals surface area contributed by atoms with Gasteiger partial charge in [-0.3, -0.25) is 4.79 Å². The average Bonchev–Trinajstić information content (AvgIpc) is 2.45. The summed E-state index contributed by atoms with van der Waals surface area (Å²) in [6.45, 7) is 8.54. The minimum Gasteiger partial charge on any atom is -0.381 e. The normalized spacial score (nSPS) is 27.3. The molecule has 1 amide bonds. The monoisotopic (exact) mass is 268 g/mol. The summed E-state index contributed by atoms with van der Waals surface area (Å²) < 4.78 is 5.38. The first kappa shape index (κ1) is 14.8. The fourth-order valence-electron chi connectivity index (χ4n) is 3.16. The molecule has 110 valence electrons. The van der Waals surface area contributed by atoms with Crippen molar-refractivity contribution in [2.75, 3.05) is 32.8 Å². The number of nitrogens with one attached hydrogen (secondary N) is 1. The summed E-state index contributed by atoms with van der Waals surface area (Å²) in [6.07, 6.45) is 4.64. The molecule has 0 spiro atoms. The Bertz CT molecular complexity index is 290. The molecule has 19 heavy (non-hydrogen) atoms. The molecule has 2 fully saturated rings. The fourth-order valence-corrected chi connectivity index (χ4v) is 3.16. The molecule has 2 aliphatic rings. The molecule has 4 nitrogen and oxygen atoms in total. The van der Waals surface area contributed by atoms with Crippen LogP contribution in [0.5, 0.6) is 0 Å². The van der Waals surface area contributed by atoms with Crippen molar-refractivity contribution in [3.05, 3.63) is 0 Å². The summed E-state index contributed by atoms with van der Waals surface area (Å²) in [5.41, 5.74) is 0. The van der Waals surface area contributed by atoms with Crippen molar-refractivity contribution in [3.63, 3.8) is 0 Å². The molecule has 0 bridgehead atoms. The van der Waals surface area contributed by atoms with Crippen molar-refractivity contribution < 1.29 is 9.53 Å². The van der Waals surface area contributed by atoms with Gasteiger partial charge < -0.3 is 15.0 Å². The van der Waals surface area contributed by atoms with Gasteiger partial charge >= 0.3 is 0 Å². The lowest BCUT2D eigenvalue weighted by atomic mass is 9.93. The molecular weight excluding hydrogens is 240 g/mol. The third-order valence-corrected chi connectivity index (χ3v) is 4.56. The van der Waals surface area contributed by atoms with Crippen LogP contribution in [0.3, 0.4) is 0 Å². The van der Waals surface area contributed by atoms with Crippen molar-refractivity contribution in [2.45, 2.75) is 45.6 Å². The van der Waals surface area contributed by atoms with Gasteiger partial charge in [0.1, 0.15) is 0 Å². The maximum atomic E-state index is 12.2. The molecular formula is C15H28N2O2. The van der Waals surface area contributed by atoms with Crippen LogP contribution in [0.2, 0.25) is 0 Å². The van der Waals surface area contributed by atoms with E-state index in [0.717, 1.165) is 45.6 Å². The number of rotatable bonds is 4. The lowest BCUT2D eigenvalue weighted by molar-refractivity contribution is -0.132. The molecule has 2 saturated heterocycles. The van der Waals surface area contributed by atoms with Gasteiger partial charge in [0.05, 0.1) is 6.54 Å². The summed E-state index contributed by atoms with van der Waals surface area (Å²) in [7, 11) is 0. The number of ether oxygens (including phenoxy) is 1. The van der Waals surface area contributed by atoms with E-state index in [2.05, 4.69) is 19.2 Å². The SMILES string of the molecule is CC1CCCN(C(=O)CNC(C)C2CCOCC2)C1. The second kappa shape index (κ2) is 7.25. The summed E-state index contributed by atoms with van der Waals surface area (Å²) >= 11 is 0. The number of piperidine rings is 1. The van der Waals surface area contributed by atoms with Crippen LogP contribution in [0, 0.1) is 11.8 Å². The van der Waals surface area contributed by atoms with Gasteiger partial charge in [0, 0.05) is 32.3 Å². The summed E-state index contributed by atoms with van der Waals surface area (Å²) in [5.74, 6) is 1.58. The van der Waals surface area contributed by atoms with E-state index in [-0.39, 0.29) is 5.91 Å². The summed E-state index contributed by atoms with van der Waals surface area (Å²) in [5, 5.41) is 3.42. The minimum absolute atomic E-state index is 0.269. The Morgan fingerprint density at radius 3 is 2.79 bits per heavy atom. The Kier molecular flexibility index (Phi) is 5.64. The van der Waals surface area contributed by atoms with E-state index in [1.165, 1.54) is 6.42 Å². The number of hydrogen-bond acceptors (Lipinski definition) is 3. The maximum Gasteiger partial charge on any atom is 0.236 e. The van der Waals surface area contributed by atoms with E-state index in [4.69, 9.17) is 4.74 Å². The smallest absolute Gasteiger partial charge is 0.236 e. The van der Waals surface area contributed by atoms with Crippen LogP contribution in [-0.4, -0.2) is 49.7 Å². The van der Waals surface area contributed by atoms with Gasteiger partial charge in [-0.1, -0.05) is 6.92 Å². The van der Waals surface area contributed by atoms with E-state index < -0.39 is 0 Å². The van der Waals surface area contributed by atoms with Gasteiger partial charge in [0.25, 0.3) is 0 Å². The standard InChI is InChI=1S/C15H28N2O2/c1-12-4-3-7-17(11-12)15(18)10-16-13(2)14-5-8-19-9-6-14/h12-14,16H,3-11H2,1-2H3. The Morgan fingerprint density at radius 2 is 2.11 bits per heavy atom. The van der Waals surface area contributed by atoms with Crippen LogP contribution in [0.25, 0.3) is 0 Å². The third-order valence-electron chi connectivity index (χ3n) is 4.56. The van der Waals surface area contributed by atoms with E-state index in [1.807, 2.05) is 4.90 Å². The molecule has 0 aromatic carbocycles. The van der Waals surface area contributed by atoms with E-state index >= 15 is 0 Å². The zero-order valence-corrected chi connectivity index (χ0v) is 12.4. The van der Waals surface area contributed by atoms with Gasteiger partial charge in [0.2, 0.25) is 5.91 Å². The molecule has 0 aromatic heterocycles. The van der Waals surface area contributed by atoms with Gasteiger partial charge in [-0.25, -0.2) is 0 Å². The van der Waals surface area contributed by atoms with Crippen LogP contribution in [0.4, 0.5) is 0 Å². The minimum atomic E-state index is 0.269. The zero-order chi connectivity index (χ0) is 13.7. The van der Waals surface area contributed by atoms with Crippen LogP contribution >= 0.6 is 0 Å². The van der Waals surface area contributed by atoms with Crippen LogP contribution in [0.15, 0.2) is 0 Å². The van der Waals surface area contributed by atoms with Crippen molar-refractivity contribution >= 4 is 5.91 Å². The molecule has 0 saturated carbocycles. The molecule has 4 heteroatoms. The predicted molar refractivity (Wildman–Crippen MR) is 76.0 cm³/mol. The second-order valence-corrected chi connectivity index (χ2v) is 6.21. The van der Waals surface area contributed by atoms with Crippen LogP contribution in [-0.2, 0) is 9.53 Å². The Labute approximate surface area is 116 Å². The van der Waals surface area contributed by atoms with E-state index in [9.17, 15) is 4.79 Å². The molecule has 2 unspecified atom stereocenters. The lowest BCUT2D eigenvalue weighted by Gasteiger charge is -2.32. The molecule has 0 radical (unpaired) electrons. The first-order chi connectivity index (χ1) is 9.16. The predicted octanol–water partition coefficient (Wildman–Crippen LogP) is 1.65. The molecule has 0 aliphatic carbocycles. The molecule has 0 aromatic rings. The number of hydrogen-bond donors (Lipinski definition) is 1. The van der Waals surface area contributed by atoms with Gasteiger partial charge in [-0.15, -0.1) is 0 Å². The molecule has 2 aliphatic heterocycles. The molecule has 2 heterocycles. The van der Waals surface area contributed by atoms with E-state index in [1.54, 1.807) is 0 Å². The van der Waals surface area contributed by atoms with Crippen molar-refractivity contribution in [1.82, 2.24) is 10.2 Å². The highest BCUT2D eigenvalue weighted by Crippen LogP contribution is 2.19. The first-order valence-electron chi connectivity index (χ1n) is 7.75. The molecule has 2 rings (SSSR count). The lowest BCUT2D eigenvalue weighted by Crippen LogP contribution is -2.46. The van der Waals surface area contributed by atoms with E-state index in [0.29, 0.717) is 24.4 Å². The van der Waals surface area contributed by atoms with Crippen LogP contribution in [0.1, 0.15) is 39.5 Å². The fraction of sp³-hybridized carbons (Fsp3) is 0.933. The van der Waals surface area contributed by atoms with Crippen molar-refractivity contribution in [1.29, 1.82) is 0 Å². The number of carbonyl (C=O) groups excluding carboxylic acids is 1. The Morgan fingerprint density at radius 1 is 1.37 bits per heavy atom.